The van der Waals surface area contributed by atoms with Crippen LogP contribution in [0.2, 0.25) is 0 Å². The third-order valence-electron chi connectivity index (χ3n) is 4.42. The summed E-state index contributed by atoms with van der Waals surface area (Å²) in [6.45, 7) is 4.45. The number of nitrogens with one attached hydrogen (secondary N) is 1. The molecule has 0 spiro atoms. The predicted molar refractivity (Wildman–Crippen MR) is 105 cm³/mol. The fraction of sp³-hybridized carbons (Fsp3) is 0.136. The van der Waals surface area contributed by atoms with E-state index in [1.54, 1.807) is 6.07 Å². The predicted octanol–water partition coefficient (Wildman–Crippen LogP) is 4.61. The Bertz CT molecular complexity index is 1100. The number of rotatable bonds is 4. The molecule has 0 aliphatic heterocycles. The molecule has 5 nitrogen and oxygen atoms in total. The molecule has 0 aliphatic rings. The quantitative estimate of drug-likeness (QED) is 0.579. The van der Waals surface area contributed by atoms with Crippen molar-refractivity contribution in [2.75, 3.05) is 6.54 Å². The van der Waals surface area contributed by atoms with Gasteiger partial charge in [0.25, 0.3) is 11.6 Å². The molecule has 0 unspecified atom stereocenters. The number of pyridine rings is 1. The number of fused-ring (bicyclic) bond motifs is 1. The zero-order chi connectivity index (χ0) is 18.8. The molecule has 2 aromatic carbocycles. The molecular weight excluding hydrogens is 338 g/mol. The lowest BCUT2D eigenvalue weighted by Gasteiger charge is -2.08. The number of hydrogen-bond donors (Lipinski definition) is 1. The number of amides is 1. The first kappa shape index (κ1) is 17.0. The molecule has 0 radical (unpaired) electrons. The van der Waals surface area contributed by atoms with Gasteiger partial charge in [0.2, 0.25) is 0 Å². The number of hydrogen-bond acceptors (Lipinski definition) is 4. The zero-order valence-corrected chi connectivity index (χ0v) is 15.2. The largest absolute Gasteiger partial charge is 0.352 e. The summed E-state index contributed by atoms with van der Waals surface area (Å²) in [7, 11) is 0. The smallest absolute Gasteiger partial charge is 0.259 e. The third-order valence-corrected chi connectivity index (χ3v) is 4.42. The summed E-state index contributed by atoms with van der Waals surface area (Å²) >= 11 is 0. The van der Waals surface area contributed by atoms with E-state index in [-0.39, 0.29) is 5.91 Å². The van der Waals surface area contributed by atoms with Crippen LogP contribution >= 0.6 is 0 Å². The van der Waals surface area contributed by atoms with Gasteiger partial charge in [-0.05, 0) is 19.9 Å². The Morgan fingerprint density at radius 3 is 2.48 bits per heavy atom. The van der Waals surface area contributed by atoms with Crippen molar-refractivity contribution in [3.63, 3.8) is 0 Å². The van der Waals surface area contributed by atoms with Crippen molar-refractivity contribution >= 4 is 17.0 Å². The Labute approximate surface area is 157 Å². The fourth-order valence-corrected chi connectivity index (χ4v) is 3.05. The van der Waals surface area contributed by atoms with Crippen LogP contribution < -0.4 is 5.32 Å². The van der Waals surface area contributed by atoms with Crippen LogP contribution in [0.5, 0.6) is 0 Å². The molecule has 0 bridgehead atoms. The Balaban J connectivity index is 1.95. The topological polar surface area (TPSA) is 68.0 Å². The second-order valence-electron chi connectivity index (χ2n) is 6.36. The fourth-order valence-electron chi connectivity index (χ4n) is 3.05. The van der Waals surface area contributed by atoms with Crippen molar-refractivity contribution in [2.24, 2.45) is 0 Å². The standard InChI is InChI=1S/C22H19N3O2/c1-3-23-21(26)17-13-18(15-7-5-4-6-8-15)24-22-19(17)20(25-27-22)16-11-9-14(2)10-12-16/h4-13H,3H2,1-2H3,(H,23,26). The Morgan fingerprint density at radius 1 is 1.04 bits per heavy atom. The van der Waals surface area contributed by atoms with E-state index >= 15 is 0 Å². The molecule has 4 rings (SSSR count). The maximum atomic E-state index is 12.8. The van der Waals surface area contributed by atoms with Crippen molar-refractivity contribution in [1.82, 2.24) is 15.5 Å². The average Bonchev–Trinajstić information content (AvgIpc) is 3.13. The summed E-state index contributed by atoms with van der Waals surface area (Å²) in [5.41, 5.74) is 5.12. The molecule has 1 amide bonds. The van der Waals surface area contributed by atoms with Crippen LogP contribution in [-0.2, 0) is 0 Å². The third kappa shape index (κ3) is 3.19. The SMILES string of the molecule is CCNC(=O)c1cc(-c2ccccc2)nc2onc(-c3ccc(C)cc3)c12. The monoisotopic (exact) mass is 357 g/mol. The van der Waals surface area contributed by atoms with Crippen molar-refractivity contribution in [1.29, 1.82) is 0 Å². The Morgan fingerprint density at radius 2 is 1.78 bits per heavy atom. The minimum Gasteiger partial charge on any atom is -0.352 e. The van der Waals surface area contributed by atoms with Gasteiger partial charge in [-0.2, -0.15) is 0 Å². The first-order valence-electron chi connectivity index (χ1n) is 8.88. The molecule has 0 atom stereocenters. The highest BCUT2D eigenvalue weighted by Crippen LogP contribution is 2.32. The van der Waals surface area contributed by atoms with Gasteiger partial charge in [0.1, 0.15) is 5.69 Å². The minimum atomic E-state index is -0.168. The number of carbonyl (C=O) groups is 1. The molecule has 2 heterocycles. The second kappa shape index (κ2) is 7.03. The maximum absolute atomic E-state index is 12.8. The lowest BCUT2D eigenvalue weighted by molar-refractivity contribution is 0.0957. The molecular formula is C22H19N3O2. The van der Waals surface area contributed by atoms with Crippen LogP contribution in [0, 0.1) is 6.92 Å². The van der Waals surface area contributed by atoms with Crippen LogP contribution in [0.1, 0.15) is 22.8 Å². The van der Waals surface area contributed by atoms with Gasteiger partial charge in [-0.25, -0.2) is 4.98 Å². The van der Waals surface area contributed by atoms with Crippen molar-refractivity contribution in [2.45, 2.75) is 13.8 Å². The van der Waals surface area contributed by atoms with Crippen LogP contribution in [0.3, 0.4) is 0 Å². The highest BCUT2D eigenvalue weighted by atomic mass is 16.5. The highest BCUT2D eigenvalue weighted by molar-refractivity contribution is 6.10. The van der Waals surface area contributed by atoms with Crippen molar-refractivity contribution in [3.8, 4) is 22.5 Å². The molecule has 5 heteroatoms. The maximum Gasteiger partial charge on any atom is 0.259 e. The average molecular weight is 357 g/mol. The molecule has 2 aromatic heterocycles. The number of nitrogens with zero attached hydrogens (tertiary/aromatic N) is 2. The van der Waals surface area contributed by atoms with Gasteiger partial charge in [0.05, 0.1) is 16.6 Å². The van der Waals surface area contributed by atoms with Crippen LogP contribution in [0.15, 0.2) is 65.2 Å². The minimum absolute atomic E-state index is 0.168. The van der Waals surface area contributed by atoms with E-state index in [9.17, 15) is 4.79 Å². The molecule has 0 fully saturated rings. The summed E-state index contributed by atoms with van der Waals surface area (Å²) < 4.78 is 5.52. The van der Waals surface area contributed by atoms with Crippen LogP contribution in [0.4, 0.5) is 0 Å². The number of carbonyl (C=O) groups excluding carboxylic acids is 1. The molecule has 0 aliphatic carbocycles. The Hall–Kier alpha value is -3.47. The van der Waals surface area contributed by atoms with Gasteiger partial charge in [-0.1, -0.05) is 65.3 Å². The zero-order valence-electron chi connectivity index (χ0n) is 15.2. The molecule has 0 saturated carbocycles. The van der Waals surface area contributed by atoms with E-state index in [4.69, 9.17) is 4.52 Å². The second-order valence-corrected chi connectivity index (χ2v) is 6.36. The molecule has 0 saturated heterocycles. The van der Waals surface area contributed by atoms with Gasteiger partial charge < -0.3 is 9.84 Å². The van der Waals surface area contributed by atoms with E-state index in [0.717, 1.165) is 16.7 Å². The van der Waals surface area contributed by atoms with E-state index < -0.39 is 0 Å². The number of benzene rings is 2. The Kier molecular flexibility index (Phi) is 4.42. The van der Waals surface area contributed by atoms with Gasteiger partial charge in [-0.3, -0.25) is 4.79 Å². The summed E-state index contributed by atoms with van der Waals surface area (Å²) in [4.78, 5) is 17.4. The molecule has 1 N–H and O–H groups in total. The summed E-state index contributed by atoms with van der Waals surface area (Å²) in [5.74, 6) is -0.168. The molecule has 27 heavy (non-hydrogen) atoms. The van der Waals surface area contributed by atoms with Gasteiger partial charge >= 0.3 is 0 Å². The van der Waals surface area contributed by atoms with Gasteiger partial charge in [0, 0.05) is 17.7 Å². The summed E-state index contributed by atoms with van der Waals surface area (Å²) in [5, 5.41) is 7.72. The van der Waals surface area contributed by atoms with E-state index in [1.165, 1.54) is 0 Å². The number of aryl methyl sites for hydroxylation is 1. The molecule has 4 aromatic rings. The van der Waals surface area contributed by atoms with Crippen LogP contribution in [-0.4, -0.2) is 22.6 Å². The number of aromatic nitrogens is 2. The molecule has 134 valence electrons. The summed E-state index contributed by atoms with van der Waals surface area (Å²) in [6, 6.07) is 19.5. The van der Waals surface area contributed by atoms with Gasteiger partial charge in [-0.15, -0.1) is 0 Å². The van der Waals surface area contributed by atoms with Crippen LogP contribution in [0.25, 0.3) is 33.6 Å². The van der Waals surface area contributed by atoms with E-state index in [1.807, 2.05) is 68.4 Å². The van der Waals surface area contributed by atoms with E-state index in [0.29, 0.717) is 34.6 Å². The summed E-state index contributed by atoms with van der Waals surface area (Å²) in [6.07, 6.45) is 0. The normalized spacial score (nSPS) is 10.9. The highest BCUT2D eigenvalue weighted by Gasteiger charge is 2.21. The van der Waals surface area contributed by atoms with Crippen molar-refractivity contribution < 1.29 is 9.32 Å². The lowest BCUT2D eigenvalue weighted by Crippen LogP contribution is -2.23. The van der Waals surface area contributed by atoms with E-state index in [2.05, 4.69) is 15.5 Å². The van der Waals surface area contributed by atoms with Gasteiger partial charge in [0.15, 0.2) is 0 Å². The lowest BCUT2D eigenvalue weighted by atomic mass is 10.0. The van der Waals surface area contributed by atoms with Crippen molar-refractivity contribution in [3.05, 3.63) is 71.8 Å². The first-order valence-corrected chi connectivity index (χ1v) is 8.88. The first-order chi connectivity index (χ1) is 13.2.